The second kappa shape index (κ2) is 8.72. The third kappa shape index (κ3) is 4.49. The molecule has 0 aliphatic heterocycles. The van der Waals surface area contributed by atoms with Crippen molar-refractivity contribution in [1.29, 1.82) is 0 Å². The lowest BCUT2D eigenvalue weighted by Crippen LogP contribution is -2.23. The molecule has 2 aromatic rings. The fraction of sp³-hybridized carbons (Fsp3) is 0.471. The number of pyridine rings is 1. The van der Waals surface area contributed by atoms with E-state index in [-0.39, 0.29) is 6.04 Å². The van der Waals surface area contributed by atoms with E-state index < -0.39 is 0 Å². The number of ether oxygens (including phenoxy) is 2. The van der Waals surface area contributed by atoms with Crippen LogP contribution in [-0.4, -0.2) is 38.5 Å². The number of nitrogens with zero attached hydrogens (tertiary/aromatic N) is 1. The number of rotatable bonds is 9. The van der Waals surface area contributed by atoms with Gasteiger partial charge in [0.1, 0.15) is 0 Å². The molecule has 0 spiro atoms. The highest BCUT2D eigenvalue weighted by molar-refractivity contribution is 5.81. The van der Waals surface area contributed by atoms with Crippen LogP contribution in [0.15, 0.2) is 36.5 Å². The molecule has 4 heteroatoms. The molecule has 0 saturated heterocycles. The van der Waals surface area contributed by atoms with Gasteiger partial charge in [0, 0.05) is 31.3 Å². The van der Waals surface area contributed by atoms with Crippen molar-refractivity contribution in [2.45, 2.75) is 19.4 Å². The first-order valence-corrected chi connectivity index (χ1v) is 7.50. The maximum Gasteiger partial charge on any atom is 0.0749 e. The molecule has 4 nitrogen and oxygen atoms in total. The quantitative estimate of drug-likeness (QED) is 0.721. The zero-order chi connectivity index (χ0) is 14.9. The molecule has 0 saturated carbocycles. The molecule has 1 atom stereocenters. The van der Waals surface area contributed by atoms with Crippen molar-refractivity contribution in [2.24, 2.45) is 0 Å². The van der Waals surface area contributed by atoms with Crippen LogP contribution < -0.4 is 5.32 Å². The maximum absolute atomic E-state index is 5.60. The van der Waals surface area contributed by atoms with Gasteiger partial charge in [-0.3, -0.25) is 4.98 Å². The number of aromatic nitrogens is 1. The topological polar surface area (TPSA) is 43.4 Å². The third-order valence-electron chi connectivity index (χ3n) is 3.47. The average Bonchev–Trinajstić information content (AvgIpc) is 2.53. The van der Waals surface area contributed by atoms with Crippen molar-refractivity contribution in [2.75, 3.05) is 33.5 Å². The molecule has 21 heavy (non-hydrogen) atoms. The van der Waals surface area contributed by atoms with Gasteiger partial charge in [-0.25, -0.2) is 0 Å². The molecule has 0 radical (unpaired) electrons. The molecule has 0 aliphatic carbocycles. The Morgan fingerprint density at radius 2 is 2.00 bits per heavy atom. The Balaban J connectivity index is 2.08. The molecule has 0 aliphatic rings. The molecule has 0 bridgehead atoms. The zero-order valence-electron chi connectivity index (χ0n) is 12.8. The molecular formula is C17H24N2O2. The summed E-state index contributed by atoms with van der Waals surface area (Å²) in [5, 5.41) is 4.71. The summed E-state index contributed by atoms with van der Waals surface area (Å²) in [6.07, 6.45) is 2.77. The summed E-state index contributed by atoms with van der Waals surface area (Å²) < 4.78 is 10.6. The number of para-hydroxylation sites is 1. The van der Waals surface area contributed by atoms with Gasteiger partial charge in [0.15, 0.2) is 0 Å². The van der Waals surface area contributed by atoms with Crippen LogP contribution in [0.4, 0.5) is 0 Å². The molecule has 1 N–H and O–H groups in total. The minimum Gasteiger partial charge on any atom is -0.382 e. The highest BCUT2D eigenvalue weighted by Crippen LogP contribution is 2.24. The second-order valence-electron chi connectivity index (χ2n) is 4.93. The normalized spacial score (nSPS) is 12.7. The van der Waals surface area contributed by atoms with E-state index in [1.165, 1.54) is 10.9 Å². The zero-order valence-corrected chi connectivity index (χ0v) is 12.8. The van der Waals surface area contributed by atoms with Crippen molar-refractivity contribution >= 4 is 10.9 Å². The van der Waals surface area contributed by atoms with E-state index in [1.807, 2.05) is 12.3 Å². The monoisotopic (exact) mass is 288 g/mol. The van der Waals surface area contributed by atoms with E-state index in [0.717, 1.165) is 18.5 Å². The third-order valence-corrected chi connectivity index (χ3v) is 3.47. The van der Waals surface area contributed by atoms with E-state index in [0.29, 0.717) is 19.8 Å². The van der Waals surface area contributed by atoms with Crippen LogP contribution in [0.5, 0.6) is 0 Å². The summed E-state index contributed by atoms with van der Waals surface area (Å²) in [6, 6.07) is 10.7. The number of hydrogen-bond donors (Lipinski definition) is 1. The Morgan fingerprint density at radius 3 is 2.81 bits per heavy atom. The Bertz CT molecular complexity index is 540. The summed E-state index contributed by atoms with van der Waals surface area (Å²) in [4.78, 5) is 4.54. The van der Waals surface area contributed by atoms with Crippen LogP contribution >= 0.6 is 0 Å². The number of hydrogen-bond acceptors (Lipinski definition) is 4. The Labute approximate surface area is 126 Å². The van der Waals surface area contributed by atoms with Gasteiger partial charge in [0.25, 0.3) is 0 Å². The maximum atomic E-state index is 5.60. The summed E-state index contributed by atoms with van der Waals surface area (Å²) >= 11 is 0. The van der Waals surface area contributed by atoms with Crippen molar-refractivity contribution < 1.29 is 9.47 Å². The Morgan fingerprint density at radius 1 is 1.14 bits per heavy atom. The average molecular weight is 288 g/mol. The standard InChI is InChI=1S/C17H24N2O2/c1-3-18-16(9-11-21-13-12-20-2)15-8-4-6-14-7-5-10-19-17(14)15/h4-8,10,16,18H,3,9,11-13H2,1-2H3. The van der Waals surface area contributed by atoms with Crippen LogP contribution in [0.1, 0.15) is 24.9 Å². The predicted molar refractivity (Wildman–Crippen MR) is 85.5 cm³/mol. The van der Waals surface area contributed by atoms with E-state index in [4.69, 9.17) is 9.47 Å². The molecule has 0 amide bonds. The predicted octanol–water partition coefficient (Wildman–Crippen LogP) is 2.94. The largest absolute Gasteiger partial charge is 0.382 e. The lowest BCUT2D eigenvalue weighted by atomic mass is 10.0. The number of benzene rings is 1. The smallest absolute Gasteiger partial charge is 0.0749 e. The molecule has 2 rings (SSSR count). The molecule has 114 valence electrons. The molecule has 1 aromatic carbocycles. The number of nitrogens with one attached hydrogen (secondary N) is 1. The number of methoxy groups -OCH3 is 1. The minimum atomic E-state index is 0.260. The highest BCUT2D eigenvalue weighted by Gasteiger charge is 2.13. The fourth-order valence-electron chi connectivity index (χ4n) is 2.47. The minimum absolute atomic E-state index is 0.260. The van der Waals surface area contributed by atoms with Crippen LogP contribution in [0, 0.1) is 0 Å². The lowest BCUT2D eigenvalue weighted by Gasteiger charge is -2.19. The first kappa shape index (κ1) is 15.9. The SMILES string of the molecule is CCNC(CCOCCOC)c1cccc2cccnc12. The Hall–Kier alpha value is -1.49. The van der Waals surface area contributed by atoms with Gasteiger partial charge in [0.2, 0.25) is 0 Å². The van der Waals surface area contributed by atoms with Gasteiger partial charge in [-0.1, -0.05) is 31.2 Å². The second-order valence-corrected chi connectivity index (χ2v) is 4.93. The summed E-state index contributed by atoms with van der Waals surface area (Å²) in [5.74, 6) is 0. The van der Waals surface area contributed by atoms with E-state index in [1.54, 1.807) is 7.11 Å². The number of fused-ring (bicyclic) bond motifs is 1. The van der Waals surface area contributed by atoms with Gasteiger partial charge in [0.05, 0.1) is 18.7 Å². The van der Waals surface area contributed by atoms with Crippen LogP contribution in [0.3, 0.4) is 0 Å². The molecular weight excluding hydrogens is 264 g/mol. The first-order valence-electron chi connectivity index (χ1n) is 7.50. The fourth-order valence-corrected chi connectivity index (χ4v) is 2.47. The van der Waals surface area contributed by atoms with E-state index >= 15 is 0 Å². The van der Waals surface area contributed by atoms with E-state index in [2.05, 4.69) is 41.5 Å². The van der Waals surface area contributed by atoms with Gasteiger partial charge in [-0.05, 0) is 24.6 Å². The first-order chi connectivity index (χ1) is 10.4. The van der Waals surface area contributed by atoms with Gasteiger partial charge in [-0.2, -0.15) is 0 Å². The van der Waals surface area contributed by atoms with Gasteiger partial charge in [-0.15, -0.1) is 0 Å². The Kier molecular flexibility index (Phi) is 6.60. The molecule has 1 heterocycles. The van der Waals surface area contributed by atoms with Crippen LogP contribution in [0.2, 0.25) is 0 Å². The molecule has 0 fully saturated rings. The summed E-state index contributed by atoms with van der Waals surface area (Å²) in [7, 11) is 1.69. The van der Waals surface area contributed by atoms with Gasteiger partial charge < -0.3 is 14.8 Å². The molecule has 1 unspecified atom stereocenters. The lowest BCUT2D eigenvalue weighted by molar-refractivity contribution is 0.0659. The van der Waals surface area contributed by atoms with Gasteiger partial charge >= 0.3 is 0 Å². The highest BCUT2D eigenvalue weighted by atomic mass is 16.5. The van der Waals surface area contributed by atoms with Crippen LogP contribution in [-0.2, 0) is 9.47 Å². The van der Waals surface area contributed by atoms with Crippen molar-refractivity contribution in [3.63, 3.8) is 0 Å². The van der Waals surface area contributed by atoms with Crippen molar-refractivity contribution in [1.82, 2.24) is 10.3 Å². The summed E-state index contributed by atoms with van der Waals surface area (Å²) in [6.45, 7) is 5.04. The van der Waals surface area contributed by atoms with Crippen molar-refractivity contribution in [3.05, 3.63) is 42.1 Å². The van der Waals surface area contributed by atoms with Crippen molar-refractivity contribution in [3.8, 4) is 0 Å². The van der Waals surface area contributed by atoms with E-state index in [9.17, 15) is 0 Å². The van der Waals surface area contributed by atoms with Crippen LogP contribution in [0.25, 0.3) is 10.9 Å². The summed E-state index contributed by atoms with van der Waals surface area (Å²) in [5.41, 5.74) is 2.31. The molecule has 1 aromatic heterocycles.